The lowest BCUT2D eigenvalue weighted by Crippen LogP contribution is -2.12. The largest absolute Gasteiger partial charge is 0.462 e. The molecule has 2 heterocycles. The molecule has 0 aliphatic heterocycles. The molecule has 0 radical (unpaired) electrons. The first-order valence-electron chi connectivity index (χ1n) is 8.51. The SMILES string of the molecule is CCOC(=O)c1sc2nc(C)nc(NCc3ccc(S(N)(=O)=O)cc3)c2c1C. The standard InChI is InChI=1S/C18H20N4O4S2/c1-4-26-18(23)15-10(2)14-16(21-11(3)22-17(14)27-15)20-9-12-5-7-13(8-6-12)28(19,24)25/h5-8H,4,9H2,1-3H3,(H2,19,24,25)(H,20,21,22). The van der Waals surface area contributed by atoms with Crippen LogP contribution in [0, 0.1) is 13.8 Å². The number of aryl methyl sites for hydroxylation is 2. The molecule has 0 fully saturated rings. The summed E-state index contributed by atoms with van der Waals surface area (Å²) in [6.07, 6.45) is 0. The minimum absolute atomic E-state index is 0.0595. The lowest BCUT2D eigenvalue weighted by atomic mass is 10.2. The van der Waals surface area contributed by atoms with Crippen molar-refractivity contribution in [1.29, 1.82) is 0 Å². The van der Waals surface area contributed by atoms with Crippen molar-refractivity contribution in [1.82, 2.24) is 9.97 Å². The summed E-state index contributed by atoms with van der Waals surface area (Å²) in [6, 6.07) is 6.29. The van der Waals surface area contributed by atoms with E-state index in [2.05, 4.69) is 15.3 Å². The number of aromatic nitrogens is 2. The van der Waals surface area contributed by atoms with Crippen LogP contribution in [0.25, 0.3) is 10.2 Å². The van der Waals surface area contributed by atoms with E-state index in [1.54, 1.807) is 26.0 Å². The van der Waals surface area contributed by atoms with Gasteiger partial charge in [0, 0.05) is 6.54 Å². The number of rotatable bonds is 6. The van der Waals surface area contributed by atoms with Crippen molar-refractivity contribution in [3.8, 4) is 0 Å². The number of carbonyl (C=O) groups is 1. The van der Waals surface area contributed by atoms with Gasteiger partial charge in [-0.2, -0.15) is 0 Å². The molecule has 2 aromatic heterocycles. The molecule has 0 atom stereocenters. The summed E-state index contributed by atoms with van der Waals surface area (Å²) in [5.41, 5.74) is 1.63. The lowest BCUT2D eigenvalue weighted by Gasteiger charge is -2.09. The normalized spacial score (nSPS) is 11.6. The van der Waals surface area contributed by atoms with E-state index in [1.165, 1.54) is 23.5 Å². The maximum Gasteiger partial charge on any atom is 0.348 e. The highest BCUT2D eigenvalue weighted by Gasteiger charge is 2.20. The van der Waals surface area contributed by atoms with Gasteiger partial charge in [-0.1, -0.05) is 12.1 Å². The zero-order valence-electron chi connectivity index (χ0n) is 15.6. The highest BCUT2D eigenvalue weighted by atomic mass is 32.2. The highest BCUT2D eigenvalue weighted by molar-refractivity contribution is 7.89. The van der Waals surface area contributed by atoms with Crippen molar-refractivity contribution >= 4 is 43.4 Å². The molecule has 0 unspecified atom stereocenters. The van der Waals surface area contributed by atoms with Gasteiger partial charge < -0.3 is 10.1 Å². The van der Waals surface area contributed by atoms with E-state index in [4.69, 9.17) is 9.88 Å². The van der Waals surface area contributed by atoms with Crippen molar-refractivity contribution in [3.63, 3.8) is 0 Å². The first-order chi connectivity index (χ1) is 13.2. The summed E-state index contributed by atoms with van der Waals surface area (Å²) >= 11 is 1.28. The van der Waals surface area contributed by atoms with Gasteiger partial charge in [0.25, 0.3) is 0 Å². The third kappa shape index (κ3) is 4.13. The number of sulfonamides is 1. The van der Waals surface area contributed by atoms with Crippen molar-refractivity contribution in [3.05, 3.63) is 46.1 Å². The number of hydrogen-bond donors (Lipinski definition) is 2. The van der Waals surface area contributed by atoms with E-state index in [9.17, 15) is 13.2 Å². The Morgan fingerprint density at radius 2 is 1.89 bits per heavy atom. The summed E-state index contributed by atoms with van der Waals surface area (Å²) in [6.45, 7) is 6.11. The van der Waals surface area contributed by atoms with Gasteiger partial charge in [0.15, 0.2) is 0 Å². The Bertz CT molecular complexity index is 1140. The van der Waals surface area contributed by atoms with Gasteiger partial charge in [0.05, 0.1) is 16.9 Å². The second-order valence-electron chi connectivity index (χ2n) is 6.12. The Morgan fingerprint density at radius 3 is 2.50 bits per heavy atom. The number of anilines is 1. The summed E-state index contributed by atoms with van der Waals surface area (Å²) in [5, 5.41) is 9.15. The number of nitrogens with two attached hydrogens (primary N) is 1. The summed E-state index contributed by atoms with van der Waals surface area (Å²) in [4.78, 5) is 22.4. The summed E-state index contributed by atoms with van der Waals surface area (Å²) in [7, 11) is -3.72. The van der Waals surface area contributed by atoms with Gasteiger partial charge in [-0.25, -0.2) is 28.3 Å². The molecule has 148 valence electrons. The molecular formula is C18H20N4O4S2. The smallest absolute Gasteiger partial charge is 0.348 e. The van der Waals surface area contributed by atoms with Crippen LogP contribution >= 0.6 is 11.3 Å². The van der Waals surface area contributed by atoms with E-state index in [1.807, 2.05) is 6.92 Å². The third-order valence-electron chi connectivity index (χ3n) is 4.07. The molecule has 3 rings (SSSR count). The van der Waals surface area contributed by atoms with E-state index in [-0.39, 0.29) is 10.9 Å². The summed E-state index contributed by atoms with van der Waals surface area (Å²) in [5.74, 6) is 0.823. The third-order valence-corrected chi connectivity index (χ3v) is 6.17. The van der Waals surface area contributed by atoms with Gasteiger partial charge in [0.1, 0.15) is 21.3 Å². The van der Waals surface area contributed by atoms with E-state index in [0.29, 0.717) is 34.5 Å². The van der Waals surface area contributed by atoms with Crippen LogP contribution in [-0.2, 0) is 21.3 Å². The molecule has 3 N–H and O–H groups in total. The maximum atomic E-state index is 12.2. The van der Waals surface area contributed by atoms with E-state index < -0.39 is 10.0 Å². The number of nitrogens with zero attached hydrogens (tertiary/aromatic N) is 2. The number of nitrogens with one attached hydrogen (secondary N) is 1. The van der Waals surface area contributed by atoms with Crippen molar-refractivity contribution in [2.75, 3.05) is 11.9 Å². The van der Waals surface area contributed by atoms with Crippen LogP contribution in [0.2, 0.25) is 0 Å². The first kappa shape index (κ1) is 20.2. The average Bonchev–Trinajstić information content (AvgIpc) is 2.96. The van der Waals surface area contributed by atoms with Gasteiger partial charge >= 0.3 is 5.97 Å². The summed E-state index contributed by atoms with van der Waals surface area (Å²) < 4.78 is 27.8. The maximum absolute atomic E-state index is 12.2. The molecule has 0 spiro atoms. The zero-order chi connectivity index (χ0) is 20.5. The molecule has 3 aromatic rings. The quantitative estimate of drug-likeness (QED) is 0.588. The molecule has 0 bridgehead atoms. The van der Waals surface area contributed by atoms with Crippen LogP contribution in [0.5, 0.6) is 0 Å². The minimum atomic E-state index is -3.72. The Kier molecular flexibility index (Phi) is 5.64. The molecule has 0 aliphatic rings. The fourth-order valence-corrected chi connectivity index (χ4v) is 4.38. The molecular weight excluding hydrogens is 400 g/mol. The van der Waals surface area contributed by atoms with Crippen LogP contribution < -0.4 is 10.5 Å². The van der Waals surface area contributed by atoms with Crippen LogP contribution in [0.4, 0.5) is 5.82 Å². The fraction of sp³-hybridized carbons (Fsp3) is 0.278. The molecule has 0 aliphatic carbocycles. The number of primary sulfonamides is 1. The van der Waals surface area contributed by atoms with Gasteiger partial charge in [0.2, 0.25) is 10.0 Å². The monoisotopic (exact) mass is 420 g/mol. The number of esters is 1. The van der Waals surface area contributed by atoms with Crippen LogP contribution in [-0.4, -0.2) is 31.0 Å². The predicted octanol–water partition coefficient (Wildman–Crippen LogP) is 2.74. The number of fused-ring (bicyclic) bond motifs is 1. The zero-order valence-corrected chi connectivity index (χ0v) is 17.3. The Hall–Kier alpha value is -2.56. The number of thiophene rings is 1. The molecule has 0 saturated heterocycles. The van der Waals surface area contributed by atoms with E-state index in [0.717, 1.165) is 16.5 Å². The topological polar surface area (TPSA) is 124 Å². The Labute approximate surface area is 166 Å². The predicted molar refractivity (Wildman–Crippen MR) is 108 cm³/mol. The van der Waals surface area contributed by atoms with Gasteiger partial charge in [-0.15, -0.1) is 11.3 Å². The number of carbonyl (C=O) groups excluding carboxylic acids is 1. The lowest BCUT2D eigenvalue weighted by molar-refractivity contribution is 0.0531. The second kappa shape index (κ2) is 7.82. The minimum Gasteiger partial charge on any atom is -0.462 e. The van der Waals surface area contributed by atoms with Crippen LogP contribution in [0.15, 0.2) is 29.2 Å². The number of benzene rings is 1. The second-order valence-corrected chi connectivity index (χ2v) is 8.68. The molecule has 0 amide bonds. The van der Waals surface area contributed by atoms with Crippen molar-refractivity contribution in [2.24, 2.45) is 5.14 Å². The van der Waals surface area contributed by atoms with Gasteiger partial charge in [-0.3, -0.25) is 0 Å². The highest BCUT2D eigenvalue weighted by Crippen LogP contribution is 2.34. The molecule has 28 heavy (non-hydrogen) atoms. The average molecular weight is 421 g/mol. The molecule has 10 heteroatoms. The van der Waals surface area contributed by atoms with Gasteiger partial charge in [-0.05, 0) is 44.0 Å². The van der Waals surface area contributed by atoms with Crippen molar-refractivity contribution < 1.29 is 17.9 Å². The van der Waals surface area contributed by atoms with Crippen LogP contribution in [0.1, 0.15) is 33.5 Å². The fourth-order valence-electron chi connectivity index (χ4n) is 2.75. The first-order valence-corrected chi connectivity index (χ1v) is 10.9. The molecule has 1 aromatic carbocycles. The Balaban J connectivity index is 1.91. The molecule has 8 nitrogen and oxygen atoms in total. The number of ether oxygens (including phenoxy) is 1. The van der Waals surface area contributed by atoms with Crippen LogP contribution in [0.3, 0.4) is 0 Å². The Morgan fingerprint density at radius 1 is 1.21 bits per heavy atom. The van der Waals surface area contributed by atoms with E-state index >= 15 is 0 Å². The number of hydrogen-bond acceptors (Lipinski definition) is 8. The van der Waals surface area contributed by atoms with Crippen molar-refractivity contribution in [2.45, 2.75) is 32.2 Å². The molecule has 0 saturated carbocycles.